The molecule has 0 N–H and O–H groups in total. The molecule has 1 atom stereocenters. The van der Waals surface area contributed by atoms with Gasteiger partial charge in [-0.15, -0.1) is 0 Å². The summed E-state index contributed by atoms with van der Waals surface area (Å²) in [6.45, 7) is 14.7. The second-order valence-electron chi connectivity index (χ2n) is 5.97. The van der Waals surface area contributed by atoms with E-state index in [1.54, 1.807) is 14.2 Å². The molecule has 0 spiro atoms. The molecule has 0 aliphatic rings. The maximum Gasteiger partial charge on any atom is 0.639 e. The lowest BCUT2D eigenvalue weighted by atomic mass is 10.2. The Morgan fingerprint density at radius 3 is 1.88 bits per heavy atom. The smallest absolute Gasteiger partial charge is 0.389 e. The highest BCUT2D eigenvalue weighted by molar-refractivity contribution is 6.81. The highest BCUT2D eigenvalue weighted by Crippen LogP contribution is 2.43. The third-order valence-corrected chi connectivity index (χ3v) is 10.5. The van der Waals surface area contributed by atoms with E-state index in [0.717, 1.165) is 0 Å². The molecule has 0 heterocycles. The molecular formula is C11H27BO3Si. The van der Waals surface area contributed by atoms with Crippen LogP contribution in [0.2, 0.25) is 23.7 Å². The largest absolute Gasteiger partial charge is 0.639 e. The Balaban J connectivity index is 4.30. The normalized spacial score (nSPS) is 15.0. The number of hydrogen-bond donors (Lipinski definition) is 0. The van der Waals surface area contributed by atoms with Crippen LogP contribution in [0.15, 0.2) is 0 Å². The van der Waals surface area contributed by atoms with Crippen LogP contribution in [-0.4, -0.2) is 36.2 Å². The van der Waals surface area contributed by atoms with Crippen molar-refractivity contribution in [2.75, 3.05) is 20.8 Å². The summed E-state index contributed by atoms with van der Waals surface area (Å²) < 4.78 is 15.6. The summed E-state index contributed by atoms with van der Waals surface area (Å²) in [7, 11) is 1.31. The molecule has 1 unspecified atom stereocenters. The second-order valence-corrected chi connectivity index (χ2v) is 11.9. The summed E-state index contributed by atoms with van der Waals surface area (Å²) in [5.74, 6) is 0. The van der Waals surface area contributed by atoms with Gasteiger partial charge in [0.1, 0.15) is 0 Å². The van der Waals surface area contributed by atoms with Crippen LogP contribution >= 0.6 is 0 Å². The molecule has 0 amide bonds. The van der Waals surface area contributed by atoms with Crippen molar-refractivity contribution < 1.29 is 14.0 Å². The standard InChI is InChI=1S/C11H27BO3Si/c1-10(9-15-12(13-5)14-6)16(7,8)11(2,3)4/h10H,9H2,1-8H3. The first-order valence-electron chi connectivity index (χ1n) is 5.84. The van der Waals surface area contributed by atoms with Gasteiger partial charge in [-0.1, -0.05) is 40.8 Å². The summed E-state index contributed by atoms with van der Waals surface area (Å²) in [5.41, 5.74) is 0.570. The fraction of sp³-hybridized carbons (Fsp3) is 1.00. The minimum atomic E-state index is -1.34. The molecule has 0 aromatic carbocycles. The topological polar surface area (TPSA) is 27.7 Å². The van der Waals surface area contributed by atoms with Crippen LogP contribution in [0.3, 0.4) is 0 Å². The maximum absolute atomic E-state index is 5.57. The Kier molecular flexibility index (Phi) is 6.25. The first kappa shape index (κ1) is 16.2. The zero-order chi connectivity index (χ0) is 13.0. The van der Waals surface area contributed by atoms with E-state index in [1.165, 1.54) is 0 Å². The van der Waals surface area contributed by atoms with Gasteiger partial charge in [0.15, 0.2) is 0 Å². The summed E-state index contributed by atoms with van der Waals surface area (Å²) in [6, 6.07) is 0. The van der Waals surface area contributed by atoms with Gasteiger partial charge in [0.25, 0.3) is 0 Å². The highest BCUT2D eigenvalue weighted by Gasteiger charge is 2.40. The maximum atomic E-state index is 5.57. The summed E-state index contributed by atoms with van der Waals surface area (Å²) >= 11 is 0. The van der Waals surface area contributed by atoms with Gasteiger partial charge in [-0.25, -0.2) is 0 Å². The molecule has 5 heteroatoms. The summed E-state index contributed by atoms with van der Waals surface area (Å²) in [6.07, 6.45) is 0. The van der Waals surface area contributed by atoms with Crippen molar-refractivity contribution in [2.45, 2.75) is 51.4 Å². The lowest BCUT2D eigenvalue weighted by molar-refractivity contribution is 0.134. The van der Waals surface area contributed by atoms with Crippen LogP contribution < -0.4 is 0 Å². The Hall–Kier alpha value is 0.162. The van der Waals surface area contributed by atoms with Gasteiger partial charge in [0.05, 0.1) is 8.07 Å². The SMILES string of the molecule is COB(OC)OCC(C)[Si](C)(C)C(C)(C)C. The van der Waals surface area contributed by atoms with Crippen molar-refractivity contribution in [2.24, 2.45) is 0 Å². The molecule has 0 aliphatic carbocycles. The van der Waals surface area contributed by atoms with E-state index < -0.39 is 15.4 Å². The molecule has 0 fully saturated rings. The number of rotatable bonds is 6. The van der Waals surface area contributed by atoms with Gasteiger partial charge in [-0.2, -0.15) is 0 Å². The fourth-order valence-electron chi connectivity index (χ4n) is 1.40. The van der Waals surface area contributed by atoms with E-state index >= 15 is 0 Å². The van der Waals surface area contributed by atoms with Crippen LogP contribution in [0.25, 0.3) is 0 Å². The molecule has 16 heavy (non-hydrogen) atoms. The average molecular weight is 246 g/mol. The monoisotopic (exact) mass is 246 g/mol. The molecular weight excluding hydrogens is 219 g/mol. The average Bonchev–Trinajstić information content (AvgIpc) is 2.17. The zero-order valence-corrected chi connectivity index (χ0v) is 13.1. The van der Waals surface area contributed by atoms with Gasteiger partial charge in [0, 0.05) is 20.8 Å². The number of hydrogen-bond acceptors (Lipinski definition) is 3. The van der Waals surface area contributed by atoms with Gasteiger partial charge < -0.3 is 14.0 Å². The lowest BCUT2D eigenvalue weighted by Crippen LogP contribution is -2.43. The van der Waals surface area contributed by atoms with Crippen LogP contribution in [0.5, 0.6) is 0 Å². The predicted molar refractivity (Wildman–Crippen MR) is 72.3 cm³/mol. The fourth-order valence-corrected chi connectivity index (χ4v) is 3.39. The third kappa shape index (κ3) is 4.20. The van der Waals surface area contributed by atoms with E-state index in [1.807, 2.05) is 0 Å². The van der Waals surface area contributed by atoms with Crippen LogP contribution in [-0.2, 0) is 14.0 Å². The molecule has 0 aliphatic heterocycles. The molecule has 0 aromatic heterocycles. The van der Waals surface area contributed by atoms with Crippen molar-refractivity contribution in [1.82, 2.24) is 0 Å². The highest BCUT2D eigenvalue weighted by atomic mass is 28.3. The van der Waals surface area contributed by atoms with Gasteiger partial charge >= 0.3 is 7.32 Å². The first-order valence-corrected chi connectivity index (χ1v) is 8.91. The minimum absolute atomic E-state index is 0.380. The van der Waals surface area contributed by atoms with Crippen molar-refractivity contribution >= 4 is 15.4 Å². The Labute approximate surface area is 102 Å². The van der Waals surface area contributed by atoms with Crippen molar-refractivity contribution in [3.63, 3.8) is 0 Å². The van der Waals surface area contributed by atoms with Gasteiger partial charge in [-0.3, -0.25) is 0 Å². The lowest BCUT2D eigenvalue weighted by Gasteiger charge is -2.42. The van der Waals surface area contributed by atoms with Crippen molar-refractivity contribution in [1.29, 1.82) is 0 Å². The van der Waals surface area contributed by atoms with Crippen LogP contribution in [0.4, 0.5) is 0 Å². The molecule has 0 aromatic rings. The summed E-state index contributed by atoms with van der Waals surface area (Å²) in [4.78, 5) is 0. The van der Waals surface area contributed by atoms with Gasteiger partial charge in [-0.05, 0) is 10.6 Å². The quantitative estimate of drug-likeness (QED) is 0.674. The van der Waals surface area contributed by atoms with E-state index in [2.05, 4.69) is 40.8 Å². The van der Waals surface area contributed by atoms with E-state index in [4.69, 9.17) is 14.0 Å². The Morgan fingerprint density at radius 2 is 1.56 bits per heavy atom. The van der Waals surface area contributed by atoms with Crippen LogP contribution in [0.1, 0.15) is 27.7 Å². The third-order valence-electron chi connectivity index (χ3n) is 4.03. The second kappa shape index (κ2) is 6.19. The van der Waals surface area contributed by atoms with E-state index in [-0.39, 0.29) is 0 Å². The molecule has 0 bridgehead atoms. The Bertz CT molecular complexity index is 200. The molecule has 0 rings (SSSR count). The van der Waals surface area contributed by atoms with Gasteiger partial charge in [0.2, 0.25) is 0 Å². The Morgan fingerprint density at radius 1 is 1.12 bits per heavy atom. The molecule has 0 saturated carbocycles. The molecule has 0 radical (unpaired) electrons. The van der Waals surface area contributed by atoms with Crippen molar-refractivity contribution in [3.8, 4) is 0 Å². The minimum Gasteiger partial charge on any atom is -0.389 e. The summed E-state index contributed by atoms with van der Waals surface area (Å²) in [5, 5.41) is 0.380. The van der Waals surface area contributed by atoms with Crippen molar-refractivity contribution in [3.05, 3.63) is 0 Å². The molecule has 3 nitrogen and oxygen atoms in total. The first-order chi connectivity index (χ1) is 7.16. The predicted octanol–water partition coefficient (Wildman–Crippen LogP) is 3.18. The van der Waals surface area contributed by atoms with E-state index in [9.17, 15) is 0 Å². The molecule has 0 saturated heterocycles. The molecule has 96 valence electrons. The van der Waals surface area contributed by atoms with E-state index in [0.29, 0.717) is 17.2 Å². The zero-order valence-electron chi connectivity index (χ0n) is 12.1. The van der Waals surface area contributed by atoms with Crippen LogP contribution in [0, 0.1) is 0 Å².